The number of nitrogens with zero attached hydrogens (tertiary/aromatic N) is 1. The first-order chi connectivity index (χ1) is 15.0. The SMILES string of the molecule is CCCCNC(=O)[C@H](CC)N(Cc1ccc(C)cc1)C(=O)CSCc1ccccc1F. The van der Waals surface area contributed by atoms with Crippen LogP contribution < -0.4 is 5.32 Å². The van der Waals surface area contributed by atoms with Crippen LogP contribution in [0, 0.1) is 12.7 Å². The molecule has 0 fully saturated rings. The first kappa shape index (κ1) is 24.9. The van der Waals surface area contributed by atoms with Crippen LogP contribution in [0.2, 0.25) is 0 Å². The summed E-state index contributed by atoms with van der Waals surface area (Å²) in [6.45, 7) is 7.00. The molecule has 6 heteroatoms. The van der Waals surface area contributed by atoms with Gasteiger partial charge in [-0.05, 0) is 37.0 Å². The highest BCUT2D eigenvalue weighted by Crippen LogP contribution is 2.19. The van der Waals surface area contributed by atoms with Gasteiger partial charge in [0, 0.05) is 18.8 Å². The molecule has 0 aliphatic carbocycles. The van der Waals surface area contributed by atoms with Crippen molar-refractivity contribution in [1.82, 2.24) is 10.2 Å². The number of amides is 2. The van der Waals surface area contributed by atoms with Crippen molar-refractivity contribution < 1.29 is 14.0 Å². The molecule has 1 atom stereocenters. The fourth-order valence-corrected chi connectivity index (χ4v) is 4.16. The highest BCUT2D eigenvalue weighted by atomic mass is 32.2. The van der Waals surface area contributed by atoms with E-state index in [-0.39, 0.29) is 23.4 Å². The Kier molecular flexibility index (Phi) is 10.6. The Hall–Kier alpha value is -2.34. The maximum Gasteiger partial charge on any atom is 0.242 e. The molecule has 0 aliphatic heterocycles. The molecule has 0 spiro atoms. The Morgan fingerprint density at radius 3 is 2.45 bits per heavy atom. The number of hydrogen-bond acceptors (Lipinski definition) is 3. The van der Waals surface area contributed by atoms with Crippen molar-refractivity contribution in [2.24, 2.45) is 0 Å². The van der Waals surface area contributed by atoms with E-state index in [0.717, 1.165) is 24.0 Å². The van der Waals surface area contributed by atoms with Crippen LogP contribution in [0.25, 0.3) is 0 Å². The van der Waals surface area contributed by atoms with Gasteiger partial charge in [-0.1, -0.05) is 68.3 Å². The third kappa shape index (κ3) is 8.02. The molecule has 0 radical (unpaired) electrons. The first-order valence-electron chi connectivity index (χ1n) is 10.9. The van der Waals surface area contributed by atoms with Crippen LogP contribution >= 0.6 is 11.8 Å². The number of thioether (sulfide) groups is 1. The van der Waals surface area contributed by atoms with Crippen LogP contribution in [-0.2, 0) is 21.9 Å². The van der Waals surface area contributed by atoms with Gasteiger partial charge >= 0.3 is 0 Å². The lowest BCUT2D eigenvalue weighted by molar-refractivity contribution is -0.139. The lowest BCUT2D eigenvalue weighted by atomic mass is 10.1. The average Bonchev–Trinajstić information content (AvgIpc) is 2.76. The van der Waals surface area contributed by atoms with E-state index >= 15 is 0 Å². The minimum Gasteiger partial charge on any atom is -0.354 e. The molecule has 0 bridgehead atoms. The minimum atomic E-state index is -0.528. The number of carbonyl (C=O) groups excluding carboxylic acids is 2. The molecule has 2 aromatic carbocycles. The number of unbranched alkanes of at least 4 members (excludes halogenated alkanes) is 1. The Morgan fingerprint density at radius 1 is 1.10 bits per heavy atom. The lowest BCUT2D eigenvalue weighted by Crippen LogP contribution is -2.49. The summed E-state index contributed by atoms with van der Waals surface area (Å²) < 4.78 is 13.9. The van der Waals surface area contributed by atoms with Crippen molar-refractivity contribution in [3.05, 3.63) is 71.0 Å². The van der Waals surface area contributed by atoms with Crippen LogP contribution in [0.3, 0.4) is 0 Å². The summed E-state index contributed by atoms with van der Waals surface area (Å²) in [7, 11) is 0. The monoisotopic (exact) mass is 444 g/mol. The van der Waals surface area contributed by atoms with E-state index in [4.69, 9.17) is 0 Å². The fraction of sp³-hybridized carbons (Fsp3) is 0.440. The summed E-state index contributed by atoms with van der Waals surface area (Å²) in [6, 6.07) is 14.1. The molecule has 2 aromatic rings. The summed E-state index contributed by atoms with van der Waals surface area (Å²) in [5.41, 5.74) is 2.71. The second kappa shape index (κ2) is 13.2. The number of aryl methyl sites for hydroxylation is 1. The Balaban J connectivity index is 2.10. The molecule has 0 saturated heterocycles. The highest BCUT2D eigenvalue weighted by molar-refractivity contribution is 7.99. The van der Waals surface area contributed by atoms with Gasteiger partial charge in [-0.3, -0.25) is 9.59 Å². The maximum absolute atomic E-state index is 13.9. The third-order valence-electron chi connectivity index (χ3n) is 5.13. The quantitative estimate of drug-likeness (QED) is 0.464. The number of rotatable bonds is 12. The van der Waals surface area contributed by atoms with Crippen LogP contribution in [0.1, 0.15) is 49.8 Å². The predicted octanol–water partition coefficient (Wildman–Crippen LogP) is 5.09. The Morgan fingerprint density at radius 2 is 1.81 bits per heavy atom. The van der Waals surface area contributed by atoms with Gasteiger partial charge in [0.15, 0.2) is 0 Å². The van der Waals surface area contributed by atoms with E-state index in [1.807, 2.05) is 38.1 Å². The van der Waals surface area contributed by atoms with Crippen molar-refractivity contribution in [2.45, 2.75) is 58.4 Å². The summed E-state index contributed by atoms with van der Waals surface area (Å²) in [5, 5.41) is 2.97. The normalized spacial score (nSPS) is 11.7. The lowest BCUT2D eigenvalue weighted by Gasteiger charge is -2.30. The van der Waals surface area contributed by atoms with Crippen molar-refractivity contribution in [3.63, 3.8) is 0 Å². The van der Waals surface area contributed by atoms with Crippen LogP contribution in [0.5, 0.6) is 0 Å². The first-order valence-corrected chi connectivity index (χ1v) is 12.1. The van der Waals surface area contributed by atoms with Gasteiger partial charge in [0.25, 0.3) is 0 Å². The van der Waals surface area contributed by atoms with Gasteiger partial charge in [-0.2, -0.15) is 0 Å². The Labute approximate surface area is 189 Å². The number of hydrogen-bond donors (Lipinski definition) is 1. The largest absolute Gasteiger partial charge is 0.354 e. The van der Waals surface area contributed by atoms with Crippen molar-refractivity contribution in [2.75, 3.05) is 12.3 Å². The molecule has 0 aromatic heterocycles. The maximum atomic E-state index is 13.9. The number of nitrogens with one attached hydrogen (secondary N) is 1. The van der Waals surface area contributed by atoms with E-state index in [0.29, 0.717) is 30.8 Å². The zero-order chi connectivity index (χ0) is 22.6. The third-order valence-corrected chi connectivity index (χ3v) is 6.10. The molecule has 2 rings (SSSR count). The molecule has 0 heterocycles. The zero-order valence-electron chi connectivity index (χ0n) is 18.7. The predicted molar refractivity (Wildman–Crippen MR) is 126 cm³/mol. The zero-order valence-corrected chi connectivity index (χ0v) is 19.5. The van der Waals surface area contributed by atoms with Gasteiger partial charge in [0.1, 0.15) is 11.9 Å². The second-order valence-corrected chi connectivity index (χ2v) is 8.65. The minimum absolute atomic E-state index is 0.112. The number of carbonyl (C=O) groups is 2. The summed E-state index contributed by atoms with van der Waals surface area (Å²) in [5.74, 6) is 0.116. The van der Waals surface area contributed by atoms with Crippen LogP contribution in [-0.4, -0.2) is 35.1 Å². The summed E-state index contributed by atoms with van der Waals surface area (Å²) in [4.78, 5) is 27.6. The van der Waals surface area contributed by atoms with Crippen LogP contribution in [0.15, 0.2) is 48.5 Å². The fourth-order valence-electron chi connectivity index (χ4n) is 3.26. The molecular weight excluding hydrogens is 411 g/mol. The molecule has 0 unspecified atom stereocenters. The van der Waals surface area contributed by atoms with E-state index in [9.17, 15) is 14.0 Å². The molecule has 4 nitrogen and oxygen atoms in total. The topological polar surface area (TPSA) is 49.4 Å². The molecule has 0 saturated carbocycles. The van der Waals surface area contributed by atoms with E-state index in [1.165, 1.54) is 17.8 Å². The molecule has 31 heavy (non-hydrogen) atoms. The average molecular weight is 445 g/mol. The molecular formula is C25H33FN2O2S. The molecule has 2 amide bonds. The van der Waals surface area contributed by atoms with Gasteiger partial charge in [-0.25, -0.2) is 4.39 Å². The molecule has 1 N–H and O–H groups in total. The number of benzene rings is 2. The van der Waals surface area contributed by atoms with Crippen molar-refractivity contribution >= 4 is 23.6 Å². The molecule has 0 aliphatic rings. The van der Waals surface area contributed by atoms with Gasteiger partial charge in [-0.15, -0.1) is 11.8 Å². The summed E-state index contributed by atoms with van der Waals surface area (Å²) in [6.07, 6.45) is 2.44. The van der Waals surface area contributed by atoms with Crippen LogP contribution in [0.4, 0.5) is 4.39 Å². The van der Waals surface area contributed by atoms with E-state index in [1.54, 1.807) is 23.1 Å². The van der Waals surface area contributed by atoms with Crippen molar-refractivity contribution in [3.8, 4) is 0 Å². The van der Waals surface area contributed by atoms with Gasteiger partial charge in [0.05, 0.1) is 5.75 Å². The van der Waals surface area contributed by atoms with E-state index < -0.39 is 6.04 Å². The standard InChI is InChI=1S/C25H33FN2O2S/c1-4-6-15-27-25(30)23(5-2)28(16-20-13-11-19(3)12-14-20)24(29)18-31-17-21-9-7-8-10-22(21)26/h7-14,23H,4-6,15-18H2,1-3H3,(H,27,30)/t23-/m0/s1. The summed E-state index contributed by atoms with van der Waals surface area (Å²) >= 11 is 1.37. The number of halogens is 1. The smallest absolute Gasteiger partial charge is 0.242 e. The van der Waals surface area contributed by atoms with E-state index in [2.05, 4.69) is 12.2 Å². The van der Waals surface area contributed by atoms with Gasteiger partial charge < -0.3 is 10.2 Å². The second-order valence-electron chi connectivity index (χ2n) is 7.66. The Bertz CT molecular complexity index is 842. The van der Waals surface area contributed by atoms with Gasteiger partial charge in [0.2, 0.25) is 11.8 Å². The highest BCUT2D eigenvalue weighted by Gasteiger charge is 2.28. The molecule has 168 valence electrons. The van der Waals surface area contributed by atoms with Crippen molar-refractivity contribution in [1.29, 1.82) is 0 Å².